The SMILES string of the molecule is C=C(C)C(=O)OCC(CCO)c1ccc(CCc2ccc(CCCCC)cc2)c(Cl)c1. The maximum absolute atomic E-state index is 11.7. The number of carbonyl (C=O) groups is 1. The Bertz CT molecular complexity index is 842. The number of aliphatic hydroxyl groups excluding tert-OH is 1. The lowest BCUT2D eigenvalue weighted by Gasteiger charge is -2.18. The van der Waals surface area contributed by atoms with Gasteiger partial charge in [-0.3, -0.25) is 0 Å². The van der Waals surface area contributed by atoms with Gasteiger partial charge in [0.1, 0.15) is 0 Å². The van der Waals surface area contributed by atoms with Crippen molar-refractivity contribution in [2.24, 2.45) is 0 Å². The molecule has 0 radical (unpaired) electrons. The first-order chi connectivity index (χ1) is 14.9. The summed E-state index contributed by atoms with van der Waals surface area (Å²) >= 11 is 6.56. The summed E-state index contributed by atoms with van der Waals surface area (Å²) in [6.07, 6.45) is 7.24. The molecule has 0 amide bonds. The second-order valence-electron chi connectivity index (χ2n) is 8.21. The van der Waals surface area contributed by atoms with Crippen molar-refractivity contribution in [3.05, 3.63) is 81.9 Å². The highest BCUT2D eigenvalue weighted by Crippen LogP contribution is 2.27. The van der Waals surface area contributed by atoms with E-state index in [4.69, 9.17) is 16.3 Å². The van der Waals surface area contributed by atoms with Gasteiger partial charge in [-0.15, -0.1) is 0 Å². The predicted octanol–water partition coefficient (Wildman–Crippen LogP) is 6.44. The van der Waals surface area contributed by atoms with Crippen LogP contribution in [-0.2, 0) is 28.8 Å². The fourth-order valence-electron chi connectivity index (χ4n) is 3.55. The van der Waals surface area contributed by atoms with E-state index < -0.39 is 5.97 Å². The van der Waals surface area contributed by atoms with Gasteiger partial charge in [0.05, 0.1) is 6.61 Å². The van der Waals surface area contributed by atoms with Crippen LogP contribution in [0.5, 0.6) is 0 Å². The van der Waals surface area contributed by atoms with E-state index in [1.807, 2.05) is 18.2 Å². The third-order valence-electron chi connectivity index (χ3n) is 5.57. The zero-order valence-electron chi connectivity index (χ0n) is 18.8. The topological polar surface area (TPSA) is 46.5 Å². The molecule has 0 saturated heterocycles. The molecule has 0 bridgehead atoms. The van der Waals surface area contributed by atoms with Crippen LogP contribution in [0.15, 0.2) is 54.6 Å². The summed E-state index contributed by atoms with van der Waals surface area (Å²) in [7, 11) is 0. The van der Waals surface area contributed by atoms with Gasteiger partial charge in [-0.1, -0.05) is 74.3 Å². The number of aryl methyl sites for hydroxylation is 3. The fraction of sp³-hybridized carbons (Fsp3) is 0.444. The molecule has 0 heterocycles. The van der Waals surface area contributed by atoms with Crippen LogP contribution in [0, 0.1) is 0 Å². The zero-order chi connectivity index (χ0) is 22.6. The Morgan fingerprint density at radius 3 is 2.32 bits per heavy atom. The number of esters is 1. The molecule has 31 heavy (non-hydrogen) atoms. The van der Waals surface area contributed by atoms with E-state index in [1.54, 1.807) is 6.92 Å². The summed E-state index contributed by atoms with van der Waals surface area (Å²) < 4.78 is 5.30. The summed E-state index contributed by atoms with van der Waals surface area (Å²) in [6, 6.07) is 14.9. The van der Waals surface area contributed by atoms with Crippen molar-refractivity contribution in [2.45, 2.75) is 64.7 Å². The lowest BCUT2D eigenvalue weighted by molar-refractivity contribution is -0.139. The molecule has 168 valence electrons. The van der Waals surface area contributed by atoms with Crippen molar-refractivity contribution in [3.8, 4) is 0 Å². The Morgan fingerprint density at radius 2 is 1.74 bits per heavy atom. The quantitative estimate of drug-likeness (QED) is 0.220. The third kappa shape index (κ3) is 8.51. The standard InChI is InChI=1S/C27H35ClO3/c1-4-5-6-7-21-8-10-22(11-9-21)12-13-23-14-15-24(18-26(23)28)25(16-17-29)19-31-27(30)20(2)3/h8-11,14-15,18,25,29H,2,4-7,12-13,16-17,19H2,1,3H3. The minimum Gasteiger partial charge on any atom is -0.462 e. The van der Waals surface area contributed by atoms with Gasteiger partial charge >= 0.3 is 5.97 Å². The van der Waals surface area contributed by atoms with Crippen molar-refractivity contribution >= 4 is 17.6 Å². The molecule has 0 aliphatic heterocycles. The Hall–Kier alpha value is -2.10. The van der Waals surface area contributed by atoms with Crippen molar-refractivity contribution < 1.29 is 14.6 Å². The molecular weight excluding hydrogens is 408 g/mol. The average molecular weight is 443 g/mol. The number of halogens is 1. The second-order valence-corrected chi connectivity index (χ2v) is 8.62. The molecule has 2 aromatic carbocycles. The number of hydrogen-bond acceptors (Lipinski definition) is 3. The Balaban J connectivity index is 1.96. The first kappa shape index (κ1) is 25.2. The van der Waals surface area contributed by atoms with Crippen LogP contribution in [0.3, 0.4) is 0 Å². The summed E-state index contributed by atoms with van der Waals surface area (Å²) in [6.45, 7) is 7.67. The first-order valence-corrected chi connectivity index (χ1v) is 11.6. The number of hydrogen-bond donors (Lipinski definition) is 1. The number of carbonyl (C=O) groups excluding carboxylic acids is 1. The van der Waals surface area contributed by atoms with Gasteiger partial charge < -0.3 is 9.84 Å². The van der Waals surface area contributed by atoms with Crippen molar-refractivity contribution in [3.63, 3.8) is 0 Å². The average Bonchev–Trinajstić information content (AvgIpc) is 2.76. The van der Waals surface area contributed by atoms with E-state index in [9.17, 15) is 9.90 Å². The zero-order valence-corrected chi connectivity index (χ0v) is 19.6. The van der Waals surface area contributed by atoms with Crippen LogP contribution in [0.2, 0.25) is 5.02 Å². The first-order valence-electron chi connectivity index (χ1n) is 11.2. The monoisotopic (exact) mass is 442 g/mol. The molecule has 2 aromatic rings. The fourth-order valence-corrected chi connectivity index (χ4v) is 3.84. The molecule has 1 N–H and O–H groups in total. The van der Waals surface area contributed by atoms with Gasteiger partial charge in [0.15, 0.2) is 0 Å². The number of ether oxygens (including phenoxy) is 1. The number of benzene rings is 2. The van der Waals surface area contributed by atoms with Crippen LogP contribution >= 0.6 is 11.6 Å². The number of unbranched alkanes of at least 4 members (excludes halogenated alkanes) is 2. The van der Waals surface area contributed by atoms with Crippen LogP contribution < -0.4 is 0 Å². The van der Waals surface area contributed by atoms with Crippen LogP contribution in [0.1, 0.15) is 67.7 Å². The largest absolute Gasteiger partial charge is 0.462 e. The maximum Gasteiger partial charge on any atom is 0.333 e. The van der Waals surface area contributed by atoms with Gasteiger partial charge in [-0.05, 0) is 67.3 Å². The normalized spacial score (nSPS) is 11.9. The molecule has 1 unspecified atom stereocenters. The second kappa shape index (κ2) is 13.3. The summed E-state index contributed by atoms with van der Waals surface area (Å²) in [5, 5.41) is 10.1. The summed E-state index contributed by atoms with van der Waals surface area (Å²) in [4.78, 5) is 11.7. The predicted molar refractivity (Wildman–Crippen MR) is 129 cm³/mol. The number of rotatable bonds is 13. The van der Waals surface area contributed by atoms with Crippen molar-refractivity contribution in [1.82, 2.24) is 0 Å². The number of aliphatic hydroxyl groups is 1. The van der Waals surface area contributed by atoms with Crippen molar-refractivity contribution in [1.29, 1.82) is 0 Å². The lowest BCUT2D eigenvalue weighted by Crippen LogP contribution is -2.14. The van der Waals surface area contributed by atoms with E-state index in [-0.39, 0.29) is 19.1 Å². The summed E-state index contributed by atoms with van der Waals surface area (Å²) in [5.41, 5.74) is 5.14. The molecule has 1 atom stereocenters. The molecule has 2 rings (SSSR count). The van der Waals surface area contributed by atoms with E-state index >= 15 is 0 Å². The van der Waals surface area contributed by atoms with Crippen LogP contribution in [-0.4, -0.2) is 24.3 Å². The van der Waals surface area contributed by atoms with Gasteiger partial charge in [-0.2, -0.15) is 0 Å². The van der Waals surface area contributed by atoms with Gasteiger partial charge in [-0.25, -0.2) is 4.79 Å². The minimum absolute atomic E-state index is 0.0170. The molecule has 0 aliphatic carbocycles. The minimum atomic E-state index is -0.415. The molecule has 0 fully saturated rings. The van der Waals surface area contributed by atoms with E-state index in [2.05, 4.69) is 37.8 Å². The summed E-state index contributed by atoms with van der Waals surface area (Å²) in [5.74, 6) is -0.512. The highest BCUT2D eigenvalue weighted by atomic mass is 35.5. The van der Waals surface area contributed by atoms with Crippen LogP contribution in [0.4, 0.5) is 0 Å². The molecule has 0 spiro atoms. The smallest absolute Gasteiger partial charge is 0.333 e. The maximum atomic E-state index is 11.7. The van der Waals surface area contributed by atoms with Crippen molar-refractivity contribution in [2.75, 3.05) is 13.2 Å². The Morgan fingerprint density at radius 1 is 1.06 bits per heavy atom. The highest BCUT2D eigenvalue weighted by Gasteiger charge is 2.16. The molecule has 0 aliphatic rings. The lowest BCUT2D eigenvalue weighted by atomic mass is 9.94. The van der Waals surface area contributed by atoms with Crippen LogP contribution in [0.25, 0.3) is 0 Å². The molecule has 3 nitrogen and oxygen atoms in total. The molecule has 0 aromatic heterocycles. The Labute approximate surface area is 192 Å². The third-order valence-corrected chi connectivity index (χ3v) is 5.92. The van der Waals surface area contributed by atoms with E-state index in [0.717, 1.165) is 30.4 Å². The van der Waals surface area contributed by atoms with E-state index in [0.29, 0.717) is 17.0 Å². The molecular formula is C27H35ClO3. The highest BCUT2D eigenvalue weighted by molar-refractivity contribution is 6.31. The molecule has 4 heteroatoms. The Kier molecular flexibility index (Phi) is 10.8. The van der Waals surface area contributed by atoms with Gasteiger partial charge in [0, 0.05) is 23.1 Å². The van der Waals surface area contributed by atoms with E-state index in [1.165, 1.54) is 30.4 Å². The van der Waals surface area contributed by atoms with Gasteiger partial charge in [0.25, 0.3) is 0 Å². The molecule has 0 saturated carbocycles. The van der Waals surface area contributed by atoms with Gasteiger partial charge in [0.2, 0.25) is 0 Å².